The molecule has 4 nitrogen and oxygen atoms in total. The van der Waals surface area contributed by atoms with Crippen LogP contribution in [0, 0.1) is 0 Å². The van der Waals surface area contributed by atoms with Crippen molar-refractivity contribution in [2.24, 2.45) is 0 Å². The summed E-state index contributed by atoms with van der Waals surface area (Å²) in [6.07, 6.45) is 0.793. The summed E-state index contributed by atoms with van der Waals surface area (Å²) in [5, 5.41) is 9.06. The first-order valence-corrected chi connectivity index (χ1v) is 4.41. The molecule has 4 heteroatoms. The van der Waals surface area contributed by atoms with Crippen molar-refractivity contribution in [1.82, 2.24) is 6.15 Å². The van der Waals surface area contributed by atoms with Gasteiger partial charge in [0.05, 0.1) is 13.2 Å². The van der Waals surface area contributed by atoms with Gasteiger partial charge in [0.1, 0.15) is 0 Å². The molecule has 0 aliphatic carbocycles. The van der Waals surface area contributed by atoms with Crippen LogP contribution in [0.3, 0.4) is 0 Å². The summed E-state index contributed by atoms with van der Waals surface area (Å²) < 4.78 is 4.63. The smallest absolute Gasteiger partial charge is 0.333 e. The van der Waals surface area contributed by atoms with Crippen LogP contribution in [0.15, 0.2) is 11.1 Å². The predicted molar refractivity (Wildman–Crippen MR) is 56.3 cm³/mol. The summed E-state index contributed by atoms with van der Waals surface area (Å²) in [4.78, 5) is 11.2. The second-order valence-corrected chi connectivity index (χ2v) is 3.36. The number of rotatable bonds is 4. The third kappa shape index (κ3) is 5.72. The molecule has 0 aromatic carbocycles. The number of carbonyl (C=O) groups excluding carboxylic acids is 1. The molecule has 0 fully saturated rings. The molecule has 0 saturated carbocycles. The van der Waals surface area contributed by atoms with Crippen molar-refractivity contribution in [3.05, 3.63) is 11.1 Å². The molecule has 0 amide bonds. The molecule has 0 saturated heterocycles. The number of hydrogen-bond donors (Lipinski definition) is 2. The third-order valence-corrected chi connectivity index (χ3v) is 1.85. The lowest BCUT2D eigenvalue weighted by molar-refractivity contribution is -0.136. The average molecular weight is 203 g/mol. The fourth-order valence-corrected chi connectivity index (χ4v) is 1.03. The van der Waals surface area contributed by atoms with Gasteiger partial charge in [-0.05, 0) is 33.6 Å². The predicted octanol–water partition coefficient (Wildman–Crippen LogP) is 1.82. The maximum absolute atomic E-state index is 11.2. The van der Waals surface area contributed by atoms with Crippen LogP contribution in [0.4, 0.5) is 0 Å². The zero-order chi connectivity index (χ0) is 10.4. The normalized spacial score (nSPS) is 11.2. The van der Waals surface area contributed by atoms with E-state index >= 15 is 0 Å². The Morgan fingerprint density at radius 2 is 1.93 bits per heavy atom. The fourth-order valence-electron chi connectivity index (χ4n) is 1.03. The van der Waals surface area contributed by atoms with Crippen molar-refractivity contribution < 1.29 is 14.6 Å². The summed E-state index contributed by atoms with van der Waals surface area (Å²) in [6.45, 7) is 5.45. The summed E-state index contributed by atoms with van der Waals surface area (Å²) in [5.41, 5.74) is 1.62. The number of aliphatic hydroxyl groups excluding tert-OH is 1. The molecule has 0 rings (SSSR count). The van der Waals surface area contributed by atoms with Gasteiger partial charge in [-0.1, -0.05) is 5.57 Å². The molecule has 0 aromatic rings. The molecule has 0 spiro atoms. The van der Waals surface area contributed by atoms with Crippen molar-refractivity contribution >= 4 is 5.97 Å². The van der Waals surface area contributed by atoms with Gasteiger partial charge in [-0.3, -0.25) is 0 Å². The van der Waals surface area contributed by atoms with Crippen LogP contribution in [0.1, 0.15) is 33.6 Å². The number of aliphatic hydroxyl groups is 1. The molecule has 14 heavy (non-hydrogen) atoms. The Hall–Kier alpha value is -0.870. The van der Waals surface area contributed by atoms with E-state index in [9.17, 15) is 4.79 Å². The van der Waals surface area contributed by atoms with Gasteiger partial charge in [0, 0.05) is 5.57 Å². The second kappa shape index (κ2) is 7.53. The van der Waals surface area contributed by atoms with Gasteiger partial charge in [-0.15, -0.1) is 0 Å². The Kier molecular flexibility index (Phi) is 8.38. The molecule has 0 heterocycles. The maximum Gasteiger partial charge on any atom is 0.333 e. The van der Waals surface area contributed by atoms with Crippen LogP contribution in [0.2, 0.25) is 0 Å². The average Bonchev–Trinajstić information content (AvgIpc) is 2.03. The van der Waals surface area contributed by atoms with Gasteiger partial charge >= 0.3 is 5.97 Å². The number of methoxy groups -OCH3 is 1. The molecule has 1 unspecified atom stereocenters. The second-order valence-electron chi connectivity index (χ2n) is 3.36. The highest BCUT2D eigenvalue weighted by atomic mass is 16.5. The minimum atomic E-state index is -0.376. The highest BCUT2D eigenvalue weighted by Crippen LogP contribution is 2.13. The summed E-state index contributed by atoms with van der Waals surface area (Å²) >= 11 is 0. The molecule has 84 valence electrons. The Balaban J connectivity index is 0. The van der Waals surface area contributed by atoms with Crippen LogP contribution in [-0.4, -0.2) is 24.3 Å². The monoisotopic (exact) mass is 203 g/mol. The van der Waals surface area contributed by atoms with E-state index in [4.69, 9.17) is 5.11 Å². The molecule has 1 atom stereocenters. The summed E-state index contributed by atoms with van der Waals surface area (Å²) in [6, 6.07) is 0. The van der Waals surface area contributed by atoms with E-state index in [-0.39, 0.29) is 18.2 Å². The summed E-state index contributed by atoms with van der Waals surface area (Å²) in [7, 11) is 1.37. The Morgan fingerprint density at radius 3 is 2.21 bits per heavy atom. The molecular formula is C10H21NO3. The molecular weight excluding hydrogens is 182 g/mol. The van der Waals surface area contributed by atoms with E-state index in [1.165, 1.54) is 7.11 Å². The lowest BCUT2D eigenvalue weighted by Gasteiger charge is -2.08. The Morgan fingerprint density at radius 1 is 1.43 bits per heavy atom. The zero-order valence-corrected chi connectivity index (χ0v) is 9.46. The van der Waals surface area contributed by atoms with Crippen LogP contribution in [0.25, 0.3) is 0 Å². The maximum atomic E-state index is 11.2. The van der Waals surface area contributed by atoms with Crippen molar-refractivity contribution in [3.8, 4) is 0 Å². The lowest BCUT2D eigenvalue weighted by atomic mass is 10.0. The quantitative estimate of drug-likeness (QED) is 0.539. The first-order chi connectivity index (χ1) is 5.99. The van der Waals surface area contributed by atoms with Crippen LogP contribution in [0.5, 0.6) is 0 Å². The van der Waals surface area contributed by atoms with Gasteiger partial charge in [0.2, 0.25) is 0 Å². The largest absolute Gasteiger partial charge is 0.466 e. The van der Waals surface area contributed by atoms with E-state index in [0.717, 1.165) is 5.57 Å². The number of carbonyl (C=O) groups is 1. The molecule has 0 bridgehead atoms. The van der Waals surface area contributed by atoms with Gasteiger partial charge in [-0.2, -0.15) is 0 Å². The lowest BCUT2D eigenvalue weighted by Crippen LogP contribution is -2.09. The van der Waals surface area contributed by atoms with E-state index in [0.29, 0.717) is 18.4 Å². The molecule has 0 aliphatic heterocycles. The van der Waals surface area contributed by atoms with Crippen molar-refractivity contribution in [2.45, 2.75) is 39.7 Å². The number of esters is 1. The van der Waals surface area contributed by atoms with Crippen molar-refractivity contribution in [2.75, 3.05) is 7.11 Å². The highest BCUT2D eigenvalue weighted by Gasteiger charge is 2.11. The number of hydrogen-bond acceptors (Lipinski definition) is 4. The molecule has 0 aromatic heterocycles. The topological polar surface area (TPSA) is 81.5 Å². The number of allylic oxidation sites excluding steroid dienone is 1. The minimum Gasteiger partial charge on any atom is -0.466 e. The van der Waals surface area contributed by atoms with E-state index in [1.54, 1.807) is 6.92 Å². The first-order valence-electron chi connectivity index (χ1n) is 4.41. The van der Waals surface area contributed by atoms with E-state index in [1.807, 2.05) is 13.8 Å². The SMILES string of the molecule is COC(=O)C(CCC(C)O)=C(C)C.N. The first kappa shape index (κ1) is 15.6. The highest BCUT2D eigenvalue weighted by molar-refractivity contribution is 5.89. The molecule has 0 radical (unpaired) electrons. The van der Waals surface area contributed by atoms with Gasteiger partial charge < -0.3 is 16.0 Å². The van der Waals surface area contributed by atoms with Gasteiger partial charge in [-0.25, -0.2) is 4.79 Å². The van der Waals surface area contributed by atoms with Gasteiger partial charge in [0.15, 0.2) is 0 Å². The standard InChI is InChI=1S/C10H18O3.H3N/c1-7(2)9(10(12)13-4)6-5-8(3)11;/h8,11H,5-6H2,1-4H3;1H3. The number of ether oxygens (including phenoxy) is 1. The Labute approximate surface area is 85.5 Å². The van der Waals surface area contributed by atoms with E-state index < -0.39 is 0 Å². The zero-order valence-electron chi connectivity index (χ0n) is 9.46. The summed E-state index contributed by atoms with van der Waals surface area (Å²) in [5.74, 6) is -0.291. The Bertz CT molecular complexity index is 205. The minimum absolute atomic E-state index is 0. The van der Waals surface area contributed by atoms with E-state index in [2.05, 4.69) is 4.74 Å². The fraction of sp³-hybridized carbons (Fsp3) is 0.700. The molecule has 0 aliphatic rings. The van der Waals surface area contributed by atoms with Crippen LogP contribution < -0.4 is 6.15 Å². The van der Waals surface area contributed by atoms with Crippen molar-refractivity contribution in [1.29, 1.82) is 0 Å². The van der Waals surface area contributed by atoms with Crippen LogP contribution >= 0.6 is 0 Å². The molecule has 4 N–H and O–H groups in total. The van der Waals surface area contributed by atoms with Crippen LogP contribution in [-0.2, 0) is 9.53 Å². The van der Waals surface area contributed by atoms with Crippen molar-refractivity contribution in [3.63, 3.8) is 0 Å². The third-order valence-electron chi connectivity index (χ3n) is 1.85. The van der Waals surface area contributed by atoms with Gasteiger partial charge in [0.25, 0.3) is 0 Å².